The minimum atomic E-state index is -1.75. The predicted molar refractivity (Wildman–Crippen MR) is 73.2 cm³/mol. The molecule has 0 aliphatic carbocycles. The number of carboxylic acids is 2. The maximum atomic E-state index is 10.7. The van der Waals surface area contributed by atoms with E-state index in [2.05, 4.69) is 0 Å². The van der Waals surface area contributed by atoms with Crippen LogP contribution in [-0.2, 0) is 20.7 Å². The third-order valence-corrected chi connectivity index (χ3v) is 5.30. The quantitative estimate of drug-likeness (QED) is 0.300. The molecule has 2 unspecified atom stereocenters. The second-order valence-electron chi connectivity index (χ2n) is 3.43. The molecule has 0 fully saturated rings. The standard InChI is InChI=1S/C9H16O6S3/c10-8(11)6-7(9(12)13)17-16-4-2-1-3-5-18(14)15/h7H,1-6H2,(H,10,11)(H,12,13)(H,14,15). The highest BCUT2D eigenvalue weighted by Crippen LogP contribution is 2.30. The minimum Gasteiger partial charge on any atom is -0.481 e. The Morgan fingerprint density at radius 2 is 1.83 bits per heavy atom. The van der Waals surface area contributed by atoms with E-state index in [0.29, 0.717) is 12.2 Å². The molecule has 3 N–H and O–H groups in total. The van der Waals surface area contributed by atoms with Crippen molar-refractivity contribution >= 4 is 44.6 Å². The Kier molecular flexibility index (Phi) is 10.5. The molecule has 0 amide bonds. The maximum Gasteiger partial charge on any atom is 0.318 e. The van der Waals surface area contributed by atoms with Gasteiger partial charge in [-0.1, -0.05) is 28.0 Å². The number of rotatable bonds is 11. The van der Waals surface area contributed by atoms with Crippen molar-refractivity contribution in [1.82, 2.24) is 0 Å². The van der Waals surface area contributed by atoms with Crippen LogP contribution in [0.25, 0.3) is 0 Å². The van der Waals surface area contributed by atoms with Crippen LogP contribution in [0.15, 0.2) is 0 Å². The van der Waals surface area contributed by atoms with E-state index in [9.17, 15) is 13.8 Å². The normalized spacial score (nSPS) is 14.1. The molecule has 0 heterocycles. The number of carbonyl (C=O) groups is 2. The van der Waals surface area contributed by atoms with Crippen molar-refractivity contribution in [2.24, 2.45) is 0 Å². The van der Waals surface area contributed by atoms with Crippen molar-refractivity contribution in [1.29, 1.82) is 0 Å². The van der Waals surface area contributed by atoms with Crippen molar-refractivity contribution in [3.63, 3.8) is 0 Å². The first-order valence-corrected chi connectivity index (χ1v) is 8.89. The Morgan fingerprint density at radius 1 is 1.17 bits per heavy atom. The molecule has 0 bridgehead atoms. The van der Waals surface area contributed by atoms with Crippen molar-refractivity contribution in [2.45, 2.75) is 30.9 Å². The van der Waals surface area contributed by atoms with E-state index in [1.54, 1.807) is 0 Å². The fraction of sp³-hybridized carbons (Fsp3) is 0.778. The molecule has 6 nitrogen and oxygen atoms in total. The molecular formula is C9H16O6S3. The zero-order valence-electron chi connectivity index (χ0n) is 9.61. The van der Waals surface area contributed by atoms with Gasteiger partial charge in [0, 0.05) is 11.5 Å². The van der Waals surface area contributed by atoms with E-state index in [1.165, 1.54) is 10.8 Å². The van der Waals surface area contributed by atoms with E-state index >= 15 is 0 Å². The number of hydrogen-bond donors (Lipinski definition) is 3. The van der Waals surface area contributed by atoms with Crippen LogP contribution in [0.2, 0.25) is 0 Å². The van der Waals surface area contributed by atoms with Gasteiger partial charge in [-0.3, -0.25) is 9.59 Å². The summed E-state index contributed by atoms with van der Waals surface area (Å²) in [5.41, 5.74) is 0. The summed E-state index contributed by atoms with van der Waals surface area (Å²) >= 11 is -1.75. The first kappa shape index (κ1) is 17.8. The molecule has 106 valence electrons. The fourth-order valence-electron chi connectivity index (χ4n) is 1.01. The first-order valence-electron chi connectivity index (χ1n) is 5.23. The molecule has 0 aromatic carbocycles. The van der Waals surface area contributed by atoms with Gasteiger partial charge in [-0.15, -0.1) is 0 Å². The second kappa shape index (κ2) is 10.7. The van der Waals surface area contributed by atoms with Gasteiger partial charge in [0.1, 0.15) is 5.25 Å². The lowest BCUT2D eigenvalue weighted by atomic mass is 10.3. The van der Waals surface area contributed by atoms with Crippen molar-refractivity contribution in [2.75, 3.05) is 11.5 Å². The first-order chi connectivity index (χ1) is 8.43. The highest BCUT2D eigenvalue weighted by atomic mass is 33.1. The van der Waals surface area contributed by atoms with E-state index in [-0.39, 0.29) is 5.75 Å². The van der Waals surface area contributed by atoms with Gasteiger partial charge in [-0.05, 0) is 12.8 Å². The van der Waals surface area contributed by atoms with Crippen molar-refractivity contribution < 1.29 is 28.6 Å². The molecule has 0 spiro atoms. The lowest BCUT2D eigenvalue weighted by Gasteiger charge is -2.08. The SMILES string of the molecule is O=C(O)CC(SSCCCCCS(=O)O)C(=O)O. The van der Waals surface area contributed by atoms with Gasteiger partial charge in [0.25, 0.3) is 0 Å². The summed E-state index contributed by atoms with van der Waals surface area (Å²) in [5.74, 6) is -1.28. The molecule has 0 saturated heterocycles. The van der Waals surface area contributed by atoms with E-state index < -0.39 is 34.7 Å². The molecular weight excluding hydrogens is 300 g/mol. The van der Waals surface area contributed by atoms with E-state index in [1.807, 2.05) is 0 Å². The van der Waals surface area contributed by atoms with Crippen molar-refractivity contribution in [3.8, 4) is 0 Å². The van der Waals surface area contributed by atoms with Crippen LogP contribution < -0.4 is 0 Å². The number of hydrogen-bond acceptors (Lipinski definition) is 5. The largest absolute Gasteiger partial charge is 0.481 e. The fourth-order valence-corrected chi connectivity index (χ4v) is 3.93. The van der Waals surface area contributed by atoms with Crippen LogP contribution in [0.3, 0.4) is 0 Å². The van der Waals surface area contributed by atoms with Crippen LogP contribution in [0.1, 0.15) is 25.7 Å². The summed E-state index contributed by atoms with van der Waals surface area (Å²) in [6, 6.07) is 0. The van der Waals surface area contributed by atoms with Crippen molar-refractivity contribution in [3.05, 3.63) is 0 Å². The lowest BCUT2D eigenvalue weighted by Crippen LogP contribution is -2.19. The topological polar surface area (TPSA) is 112 Å². The molecule has 0 radical (unpaired) electrons. The smallest absolute Gasteiger partial charge is 0.318 e. The highest BCUT2D eigenvalue weighted by Gasteiger charge is 2.21. The maximum absolute atomic E-state index is 10.7. The zero-order valence-corrected chi connectivity index (χ0v) is 12.1. The molecule has 0 aromatic heterocycles. The third kappa shape index (κ3) is 10.9. The van der Waals surface area contributed by atoms with Crippen LogP contribution in [0.4, 0.5) is 0 Å². The summed E-state index contributed by atoms with van der Waals surface area (Å²) in [6.45, 7) is 0. The Hall–Kier alpha value is -0.250. The summed E-state index contributed by atoms with van der Waals surface area (Å²) < 4.78 is 18.9. The minimum absolute atomic E-state index is 0.259. The number of aliphatic carboxylic acids is 2. The van der Waals surface area contributed by atoms with E-state index in [4.69, 9.17) is 14.8 Å². The Bertz CT molecular complexity index is 296. The molecule has 0 aromatic rings. The van der Waals surface area contributed by atoms with Gasteiger partial charge < -0.3 is 14.8 Å². The monoisotopic (exact) mass is 316 g/mol. The van der Waals surface area contributed by atoms with Gasteiger partial charge >= 0.3 is 11.9 Å². The summed E-state index contributed by atoms with van der Waals surface area (Å²) in [7, 11) is 2.37. The number of carboxylic acid groups (broad SMARTS) is 2. The highest BCUT2D eigenvalue weighted by molar-refractivity contribution is 8.77. The average molecular weight is 316 g/mol. The van der Waals surface area contributed by atoms with Gasteiger partial charge in [0.05, 0.1) is 6.42 Å². The average Bonchev–Trinajstić information content (AvgIpc) is 2.25. The summed E-state index contributed by atoms with van der Waals surface area (Å²) in [4.78, 5) is 21.1. The Balaban J connectivity index is 3.58. The lowest BCUT2D eigenvalue weighted by molar-refractivity contribution is -0.142. The van der Waals surface area contributed by atoms with Gasteiger partial charge in [-0.2, -0.15) is 0 Å². The molecule has 0 saturated carbocycles. The second-order valence-corrected chi connectivity index (χ2v) is 7.17. The van der Waals surface area contributed by atoms with Gasteiger partial charge in [-0.25, -0.2) is 4.21 Å². The summed E-state index contributed by atoms with van der Waals surface area (Å²) in [5, 5.41) is 16.4. The Morgan fingerprint density at radius 3 is 2.33 bits per heavy atom. The van der Waals surface area contributed by atoms with Crippen LogP contribution in [-0.4, -0.2) is 47.7 Å². The van der Waals surface area contributed by atoms with Crippen LogP contribution in [0, 0.1) is 0 Å². The molecule has 0 aliphatic heterocycles. The summed E-state index contributed by atoms with van der Waals surface area (Å²) in [6.07, 6.45) is 1.88. The molecule has 0 aliphatic rings. The molecule has 0 rings (SSSR count). The van der Waals surface area contributed by atoms with Crippen LogP contribution in [0.5, 0.6) is 0 Å². The molecule has 2 atom stereocenters. The number of unbranched alkanes of at least 4 members (excludes halogenated alkanes) is 2. The van der Waals surface area contributed by atoms with E-state index in [0.717, 1.165) is 23.6 Å². The Labute approximate surface area is 116 Å². The zero-order chi connectivity index (χ0) is 14.0. The molecule has 9 heteroatoms. The predicted octanol–water partition coefficient (Wildman–Crippen LogP) is 1.69. The van der Waals surface area contributed by atoms with Crippen LogP contribution >= 0.6 is 21.6 Å². The molecule has 18 heavy (non-hydrogen) atoms. The van der Waals surface area contributed by atoms with Gasteiger partial charge in [0.2, 0.25) is 0 Å². The van der Waals surface area contributed by atoms with Gasteiger partial charge in [0.15, 0.2) is 11.1 Å². The third-order valence-electron chi connectivity index (χ3n) is 1.87.